The van der Waals surface area contributed by atoms with Crippen LogP contribution < -0.4 is 4.90 Å². The first-order valence-electron chi connectivity index (χ1n) is 10.4. The highest BCUT2D eigenvalue weighted by molar-refractivity contribution is 7.80. The number of anilines is 1. The third-order valence-corrected chi connectivity index (χ3v) is 5.79. The number of unbranched alkanes of at least 4 members (excludes halogenated alkanes) is 4. The molecule has 4 nitrogen and oxygen atoms in total. The van der Waals surface area contributed by atoms with Crippen molar-refractivity contribution < 1.29 is 13.5 Å². The van der Waals surface area contributed by atoms with Crippen molar-refractivity contribution in [2.75, 3.05) is 31.7 Å². The molecular formula is C24H33NO3S. The van der Waals surface area contributed by atoms with Crippen molar-refractivity contribution in [3.8, 4) is 0 Å². The number of rotatable bonds is 13. The molecule has 29 heavy (non-hydrogen) atoms. The lowest BCUT2D eigenvalue weighted by Crippen LogP contribution is -2.20. The molecule has 0 aromatic heterocycles. The third kappa shape index (κ3) is 8.52. The summed E-state index contributed by atoms with van der Waals surface area (Å²) < 4.78 is 17.7. The van der Waals surface area contributed by atoms with Gasteiger partial charge in [0.15, 0.2) is 11.1 Å². The Kier molecular flexibility index (Phi) is 10.7. The first-order valence-corrected chi connectivity index (χ1v) is 11.5. The normalized spacial score (nSPS) is 12.4. The smallest absolute Gasteiger partial charge is 0.189 e. The Hall–Kier alpha value is -1.95. The molecule has 0 heterocycles. The van der Waals surface area contributed by atoms with Gasteiger partial charge in [-0.1, -0.05) is 69.0 Å². The molecule has 2 aromatic rings. The Morgan fingerprint density at radius 3 is 2.10 bits per heavy atom. The van der Waals surface area contributed by atoms with E-state index in [2.05, 4.69) is 25.1 Å². The Bertz CT molecular complexity index is 757. The minimum atomic E-state index is -1.39. The second-order valence-electron chi connectivity index (χ2n) is 7.11. The monoisotopic (exact) mass is 415 g/mol. The number of benzene rings is 2. The van der Waals surface area contributed by atoms with E-state index in [1.165, 1.54) is 19.3 Å². The maximum atomic E-state index is 12.2. The largest absolute Gasteiger partial charge is 0.395 e. The van der Waals surface area contributed by atoms with Crippen LogP contribution in [0.3, 0.4) is 0 Å². The number of likely N-dealkylation sites (N-methyl/N-ethyl adjacent to an activating group) is 1. The molecule has 2 aromatic carbocycles. The second-order valence-corrected chi connectivity index (χ2v) is 8.29. The molecule has 0 spiro atoms. The average molecular weight is 416 g/mol. The lowest BCUT2D eigenvalue weighted by molar-refractivity contribution is 0.304. The van der Waals surface area contributed by atoms with Gasteiger partial charge in [0.1, 0.15) is 0 Å². The fourth-order valence-electron chi connectivity index (χ4n) is 2.91. The summed E-state index contributed by atoms with van der Waals surface area (Å²) in [5.74, 6) is 0. The summed E-state index contributed by atoms with van der Waals surface area (Å²) in [5, 5.41) is 9.02. The maximum Gasteiger partial charge on any atom is 0.189 e. The molecule has 0 saturated carbocycles. The van der Waals surface area contributed by atoms with Crippen LogP contribution in [0.1, 0.15) is 50.2 Å². The molecule has 0 radical (unpaired) electrons. The topological polar surface area (TPSA) is 49.8 Å². The molecule has 158 valence electrons. The highest BCUT2D eigenvalue weighted by Crippen LogP contribution is 2.17. The molecule has 0 fully saturated rings. The van der Waals surface area contributed by atoms with E-state index in [9.17, 15) is 4.21 Å². The zero-order valence-electron chi connectivity index (χ0n) is 17.5. The molecule has 1 N–H and O–H groups in total. The Labute approximate surface area is 177 Å². The number of nitrogens with zero attached hydrogens (tertiary/aromatic N) is 1. The second kappa shape index (κ2) is 13.3. The van der Waals surface area contributed by atoms with Gasteiger partial charge in [0, 0.05) is 19.3 Å². The zero-order chi connectivity index (χ0) is 20.9. The van der Waals surface area contributed by atoms with Gasteiger partial charge < -0.3 is 10.0 Å². The lowest BCUT2D eigenvalue weighted by atomic mass is 10.1. The SMILES string of the molecule is CCCCCCCOS(=O)c1ccc(/C=C/c2ccc(N(C)CCO)cc2)cc1. The van der Waals surface area contributed by atoms with Gasteiger partial charge in [-0.2, -0.15) is 0 Å². The summed E-state index contributed by atoms with van der Waals surface area (Å²) in [6, 6.07) is 15.8. The Morgan fingerprint density at radius 2 is 1.52 bits per heavy atom. The Balaban J connectivity index is 1.82. The molecule has 0 aliphatic carbocycles. The predicted octanol–water partition coefficient (Wildman–Crippen LogP) is 5.30. The van der Waals surface area contributed by atoms with Gasteiger partial charge in [-0.05, 0) is 41.8 Å². The van der Waals surface area contributed by atoms with Crippen LogP contribution in [-0.4, -0.2) is 36.1 Å². The van der Waals surface area contributed by atoms with E-state index in [4.69, 9.17) is 9.29 Å². The predicted molar refractivity (Wildman–Crippen MR) is 123 cm³/mol. The molecule has 0 bridgehead atoms. The van der Waals surface area contributed by atoms with Gasteiger partial charge in [-0.15, -0.1) is 0 Å². The summed E-state index contributed by atoms with van der Waals surface area (Å²) in [5.41, 5.74) is 3.23. The van der Waals surface area contributed by atoms with Crippen LogP contribution >= 0.6 is 0 Å². The van der Waals surface area contributed by atoms with Crippen LogP contribution in [0.4, 0.5) is 5.69 Å². The van der Waals surface area contributed by atoms with Crippen LogP contribution in [0.5, 0.6) is 0 Å². The molecule has 0 saturated heterocycles. The van der Waals surface area contributed by atoms with Crippen molar-refractivity contribution >= 4 is 28.9 Å². The van der Waals surface area contributed by atoms with Crippen molar-refractivity contribution in [3.63, 3.8) is 0 Å². The summed E-state index contributed by atoms with van der Waals surface area (Å²) in [6.45, 7) is 3.50. The van der Waals surface area contributed by atoms with Crippen molar-refractivity contribution in [3.05, 3.63) is 59.7 Å². The number of aliphatic hydroxyl groups excluding tert-OH is 1. The first kappa shape index (κ1) is 23.3. The standard InChI is InChI=1S/C24H33NO3S/c1-3-4-5-6-7-20-28-29(27)24-16-12-22(13-17-24)9-8-21-10-14-23(15-11-21)25(2)18-19-26/h8-17,26H,3-7,18-20H2,1-2H3/b9-8+. The van der Waals surface area contributed by atoms with Crippen LogP contribution in [-0.2, 0) is 15.3 Å². The van der Waals surface area contributed by atoms with Crippen molar-refractivity contribution in [1.82, 2.24) is 0 Å². The quantitative estimate of drug-likeness (QED) is 0.356. The van der Waals surface area contributed by atoms with Gasteiger partial charge in [-0.25, -0.2) is 4.21 Å². The van der Waals surface area contributed by atoms with Gasteiger partial charge in [0.25, 0.3) is 0 Å². The molecule has 0 aliphatic rings. The fraction of sp³-hybridized carbons (Fsp3) is 0.417. The van der Waals surface area contributed by atoms with Crippen LogP contribution in [0.2, 0.25) is 0 Å². The Morgan fingerprint density at radius 1 is 0.931 bits per heavy atom. The summed E-state index contributed by atoms with van der Waals surface area (Å²) in [4.78, 5) is 2.71. The zero-order valence-corrected chi connectivity index (χ0v) is 18.4. The summed E-state index contributed by atoms with van der Waals surface area (Å²) in [6.07, 6.45) is 9.87. The molecule has 1 unspecified atom stereocenters. The van der Waals surface area contributed by atoms with E-state index in [1.54, 1.807) is 0 Å². The van der Waals surface area contributed by atoms with Crippen LogP contribution in [0.25, 0.3) is 12.2 Å². The molecule has 5 heteroatoms. The first-order chi connectivity index (χ1) is 14.1. The maximum absolute atomic E-state index is 12.2. The van der Waals surface area contributed by atoms with Gasteiger partial charge in [-0.3, -0.25) is 4.18 Å². The van der Waals surface area contributed by atoms with Gasteiger partial charge in [0.2, 0.25) is 0 Å². The number of aliphatic hydroxyl groups is 1. The molecule has 2 rings (SSSR count). The van der Waals surface area contributed by atoms with Crippen molar-refractivity contribution in [2.24, 2.45) is 0 Å². The van der Waals surface area contributed by atoms with E-state index in [1.807, 2.05) is 54.4 Å². The van der Waals surface area contributed by atoms with Crippen molar-refractivity contribution in [1.29, 1.82) is 0 Å². The third-order valence-electron chi connectivity index (χ3n) is 4.75. The fourth-order valence-corrected chi connectivity index (χ4v) is 3.67. The van der Waals surface area contributed by atoms with Crippen molar-refractivity contribution in [2.45, 2.75) is 43.9 Å². The van der Waals surface area contributed by atoms with Gasteiger partial charge in [0.05, 0.1) is 18.1 Å². The number of hydrogen-bond acceptors (Lipinski definition) is 4. The van der Waals surface area contributed by atoms with E-state index in [0.717, 1.165) is 29.7 Å². The minimum Gasteiger partial charge on any atom is -0.395 e. The molecule has 0 amide bonds. The summed E-state index contributed by atoms with van der Waals surface area (Å²) >= 11 is -1.39. The van der Waals surface area contributed by atoms with E-state index >= 15 is 0 Å². The van der Waals surface area contributed by atoms with E-state index in [-0.39, 0.29) is 6.61 Å². The van der Waals surface area contributed by atoms with E-state index in [0.29, 0.717) is 18.0 Å². The highest BCUT2D eigenvalue weighted by Gasteiger charge is 2.04. The van der Waals surface area contributed by atoms with Crippen LogP contribution in [0.15, 0.2) is 53.4 Å². The molecule has 1 atom stereocenters. The number of hydrogen-bond donors (Lipinski definition) is 1. The van der Waals surface area contributed by atoms with Gasteiger partial charge >= 0.3 is 0 Å². The summed E-state index contributed by atoms with van der Waals surface area (Å²) in [7, 11) is 1.96. The van der Waals surface area contributed by atoms with E-state index < -0.39 is 11.1 Å². The highest BCUT2D eigenvalue weighted by atomic mass is 32.2. The van der Waals surface area contributed by atoms with Crippen LogP contribution in [0, 0.1) is 0 Å². The molecule has 0 aliphatic heterocycles. The minimum absolute atomic E-state index is 0.142. The molecular weight excluding hydrogens is 382 g/mol. The lowest BCUT2D eigenvalue weighted by Gasteiger charge is -2.17. The average Bonchev–Trinajstić information content (AvgIpc) is 2.75.